The summed E-state index contributed by atoms with van der Waals surface area (Å²) in [6.07, 6.45) is 14.1. The van der Waals surface area contributed by atoms with Crippen LogP contribution in [0.5, 0.6) is 5.75 Å². The fraction of sp³-hybridized carbons (Fsp3) is 0.367. The second-order valence-electron chi connectivity index (χ2n) is 10.3. The van der Waals surface area contributed by atoms with Gasteiger partial charge in [-0.05, 0) is 85.7 Å². The Morgan fingerprint density at radius 3 is 2.76 bits per heavy atom. The predicted octanol–water partition coefficient (Wildman–Crippen LogP) is 5.10. The number of hydrogen-bond donors (Lipinski definition) is 1. The Kier molecular flexibility index (Phi) is 6.62. The van der Waals surface area contributed by atoms with Crippen LogP contribution >= 0.6 is 0 Å². The van der Waals surface area contributed by atoms with E-state index in [1.807, 2.05) is 35.4 Å². The Bertz CT molecular complexity index is 1380. The van der Waals surface area contributed by atoms with Crippen molar-refractivity contribution in [2.24, 2.45) is 5.92 Å². The largest absolute Gasteiger partial charge is 0.457 e. The molecular formula is C30H33N5O2. The van der Waals surface area contributed by atoms with E-state index in [2.05, 4.69) is 46.3 Å². The summed E-state index contributed by atoms with van der Waals surface area (Å²) < 4.78 is 6.34. The van der Waals surface area contributed by atoms with Crippen LogP contribution in [-0.4, -0.2) is 57.1 Å². The lowest BCUT2D eigenvalue weighted by molar-refractivity contribution is -0.134. The monoisotopic (exact) mass is 495 g/mol. The van der Waals surface area contributed by atoms with Crippen molar-refractivity contribution < 1.29 is 9.53 Å². The number of benzene rings is 1. The quantitative estimate of drug-likeness (QED) is 0.515. The second kappa shape index (κ2) is 10.3. The number of aromatic amines is 1. The number of allylic oxidation sites excluding steroid dienone is 5. The molecule has 3 heterocycles. The van der Waals surface area contributed by atoms with Crippen LogP contribution in [0.25, 0.3) is 16.5 Å². The Labute approximate surface area is 217 Å². The zero-order valence-electron chi connectivity index (χ0n) is 21.3. The van der Waals surface area contributed by atoms with E-state index in [1.165, 1.54) is 11.1 Å². The van der Waals surface area contributed by atoms with Crippen LogP contribution in [0.15, 0.2) is 72.3 Å². The standard InChI is InChI=1S/C30H33N5O2/c1-21-3-2-4-23(27-11-12-32-33-27)8-10-29(21)37-26-9-7-25-17-22(19-31-28(25)18-26)20-34-13-15-35(16-14-34)30(36)24-5-6-24/h4,7-12,17-19,24H,2-3,5-6,13-16,20H2,1H3,(H,32,33). The van der Waals surface area contributed by atoms with Gasteiger partial charge in [-0.25, -0.2) is 0 Å². The van der Waals surface area contributed by atoms with Gasteiger partial charge in [-0.1, -0.05) is 6.08 Å². The third-order valence-corrected chi connectivity index (χ3v) is 7.49. The van der Waals surface area contributed by atoms with E-state index in [-0.39, 0.29) is 0 Å². The lowest BCUT2D eigenvalue weighted by atomic mass is 10.0. The van der Waals surface area contributed by atoms with Crippen LogP contribution in [0.4, 0.5) is 0 Å². The van der Waals surface area contributed by atoms with E-state index in [1.54, 1.807) is 6.20 Å². The molecule has 3 aliphatic rings. The molecule has 2 fully saturated rings. The molecular weight excluding hydrogens is 462 g/mol. The minimum absolute atomic E-state index is 0.310. The summed E-state index contributed by atoms with van der Waals surface area (Å²) in [4.78, 5) is 21.5. The zero-order chi connectivity index (χ0) is 25.2. The number of carbonyl (C=O) groups excluding carboxylic acids is 1. The number of fused-ring (bicyclic) bond motifs is 1. The topological polar surface area (TPSA) is 74.3 Å². The Morgan fingerprint density at radius 1 is 1.11 bits per heavy atom. The van der Waals surface area contributed by atoms with Gasteiger partial charge < -0.3 is 9.64 Å². The Hall–Kier alpha value is -3.71. The first-order valence-corrected chi connectivity index (χ1v) is 13.3. The molecule has 3 aromatic rings. The predicted molar refractivity (Wildman–Crippen MR) is 145 cm³/mol. The third-order valence-electron chi connectivity index (χ3n) is 7.49. The van der Waals surface area contributed by atoms with Crippen molar-refractivity contribution in [3.05, 3.63) is 83.5 Å². The maximum atomic E-state index is 12.3. The number of carbonyl (C=O) groups is 1. The van der Waals surface area contributed by atoms with Crippen LogP contribution in [0.3, 0.4) is 0 Å². The van der Waals surface area contributed by atoms with Gasteiger partial charge in [0.25, 0.3) is 0 Å². The number of nitrogens with zero attached hydrogens (tertiary/aromatic N) is 4. The highest BCUT2D eigenvalue weighted by Crippen LogP contribution is 2.31. The molecule has 1 aromatic carbocycles. The summed E-state index contributed by atoms with van der Waals surface area (Å²) in [5, 5.41) is 8.22. The van der Waals surface area contributed by atoms with Gasteiger partial charge in [-0.15, -0.1) is 0 Å². The summed E-state index contributed by atoms with van der Waals surface area (Å²) in [6.45, 7) is 6.49. The average Bonchev–Trinajstić information content (AvgIpc) is 3.62. The molecule has 2 aromatic heterocycles. The number of piperazine rings is 1. The SMILES string of the molecule is CC1=C(Oc2ccc3cc(CN4CCN(C(=O)C5CC5)CC4)cnc3c2)C=CC(c2ccn[nH]2)=CCC1. The Balaban J connectivity index is 1.11. The van der Waals surface area contributed by atoms with E-state index in [0.717, 1.165) is 92.1 Å². The molecule has 0 radical (unpaired) electrons. The molecule has 6 rings (SSSR count). The first kappa shape index (κ1) is 23.7. The van der Waals surface area contributed by atoms with Gasteiger partial charge >= 0.3 is 0 Å². The lowest BCUT2D eigenvalue weighted by Crippen LogP contribution is -2.48. The zero-order valence-corrected chi connectivity index (χ0v) is 21.3. The van der Waals surface area contributed by atoms with Crippen LogP contribution in [0.2, 0.25) is 0 Å². The summed E-state index contributed by atoms with van der Waals surface area (Å²) in [5.74, 6) is 2.33. The summed E-state index contributed by atoms with van der Waals surface area (Å²) >= 11 is 0. The molecule has 7 nitrogen and oxygen atoms in total. The molecule has 0 spiro atoms. The molecule has 0 unspecified atom stereocenters. The molecule has 1 saturated heterocycles. The highest BCUT2D eigenvalue weighted by atomic mass is 16.5. The fourth-order valence-electron chi connectivity index (χ4n) is 5.08. The van der Waals surface area contributed by atoms with E-state index in [0.29, 0.717) is 11.8 Å². The molecule has 190 valence electrons. The van der Waals surface area contributed by atoms with Crippen LogP contribution < -0.4 is 4.74 Å². The van der Waals surface area contributed by atoms with Gasteiger partial charge in [0.15, 0.2) is 0 Å². The van der Waals surface area contributed by atoms with E-state index in [4.69, 9.17) is 9.72 Å². The van der Waals surface area contributed by atoms with Gasteiger partial charge in [0.2, 0.25) is 5.91 Å². The highest BCUT2D eigenvalue weighted by molar-refractivity contribution is 5.81. The maximum absolute atomic E-state index is 12.3. The van der Waals surface area contributed by atoms with Crippen molar-refractivity contribution >= 4 is 22.4 Å². The van der Waals surface area contributed by atoms with Crippen molar-refractivity contribution in [3.63, 3.8) is 0 Å². The summed E-state index contributed by atoms with van der Waals surface area (Å²) in [5.41, 5.74) is 5.47. The molecule has 1 aliphatic heterocycles. The summed E-state index contributed by atoms with van der Waals surface area (Å²) in [6, 6.07) is 10.3. The average molecular weight is 496 g/mol. The number of pyridine rings is 1. The molecule has 7 heteroatoms. The highest BCUT2D eigenvalue weighted by Gasteiger charge is 2.34. The number of ether oxygens (including phenoxy) is 1. The number of rotatable bonds is 6. The fourth-order valence-corrected chi connectivity index (χ4v) is 5.08. The first-order valence-electron chi connectivity index (χ1n) is 13.3. The lowest BCUT2D eigenvalue weighted by Gasteiger charge is -2.34. The minimum Gasteiger partial charge on any atom is -0.457 e. The van der Waals surface area contributed by atoms with Gasteiger partial charge in [0.1, 0.15) is 11.5 Å². The first-order chi connectivity index (χ1) is 18.1. The van der Waals surface area contributed by atoms with Crippen molar-refractivity contribution in [2.45, 2.75) is 39.2 Å². The second-order valence-corrected chi connectivity index (χ2v) is 10.3. The van der Waals surface area contributed by atoms with Crippen molar-refractivity contribution in [1.29, 1.82) is 0 Å². The number of amides is 1. The van der Waals surface area contributed by atoms with E-state index >= 15 is 0 Å². The number of aromatic nitrogens is 3. The van der Waals surface area contributed by atoms with Crippen LogP contribution in [-0.2, 0) is 11.3 Å². The molecule has 0 atom stereocenters. The van der Waals surface area contributed by atoms with Crippen molar-refractivity contribution in [3.8, 4) is 5.75 Å². The van der Waals surface area contributed by atoms with Crippen LogP contribution in [0, 0.1) is 5.92 Å². The maximum Gasteiger partial charge on any atom is 0.225 e. The molecule has 2 aliphatic carbocycles. The van der Waals surface area contributed by atoms with Crippen molar-refractivity contribution in [2.75, 3.05) is 26.2 Å². The van der Waals surface area contributed by atoms with E-state index in [9.17, 15) is 4.79 Å². The molecule has 1 saturated carbocycles. The van der Waals surface area contributed by atoms with Gasteiger partial charge in [-0.3, -0.25) is 19.8 Å². The number of H-pyrrole nitrogens is 1. The van der Waals surface area contributed by atoms with Crippen molar-refractivity contribution in [1.82, 2.24) is 25.0 Å². The van der Waals surface area contributed by atoms with Gasteiger partial charge in [-0.2, -0.15) is 5.10 Å². The molecule has 37 heavy (non-hydrogen) atoms. The minimum atomic E-state index is 0.310. The summed E-state index contributed by atoms with van der Waals surface area (Å²) in [7, 11) is 0. The van der Waals surface area contributed by atoms with Gasteiger partial charge in [0.05, 0.1) is 11.2 Å². The number of hydrogen-bond acceptors (Lipinski definition) is 5. The normalized spacial score (nSPS) is 19.1. The molecule has 1 amide bonds. The number of nitrogens with one attached hydrogen (secondary N) is 1. The molecule has 1 N–H and O–H groups in total. The third kappa shape index (κ3) is 5.52. The van der Waals surface area contributed by atoms with E-state index < -0.39 is 0 Å². The van der Waals surface area contributed by atoms with Gasteiger partial charge in [0, 0.05) is 62.5 Å². The van der Waals surface area contributed by atoms with Crippen LogP contribution in [0.1, 0.15) is 43.9 Å². The smallest absolute Gasteiger partial charge is 0.225 e. The Morgan fingerprint density at radius 2 is 1.97 bits per heavy atom. The molecule has 0 bridgehead atoms.